The lowest BCUT2D eigenvalue weighted by molar-refractivity contribution is -0.137. The molecule has 2 atom stereocenters. The van der Waals surface area contributed by atoms with Gasteiger partial charge in [-0.05, 0) is 79.3 Å². The highest BCUT2D eigenvalue weighted by Crippen LogP contribution is 2.33. The number of halogens is 4. The van der Waals surface area contributed by atoms with E-state index in [4.69, 9.17) is 4.99 Å². The summed E-state index contributed by atoms with van der Waals surface area (Å²) in [4.78, 5) is 26.7. The summed E-state index contributed by atoms with van der Waals surface area (Å²) >= 11 is 2.42. The SMILES string of the molecule is CC1CCc2ccc(Cc3ccnc(NC(=O)CN4CCN(C(C)CI)CC4)c3)cc2N=C1Nc1cccc(C(F)(F)F)c1. The van der Waals surface area contributed by atoms with Gasteiger partial charge < -0.3 is 10.6 Å². The normalized spacial score (nSPS) is 18.6. The topological polar surface area (TPSA) is 72.9 Å². The van der Waals surface area contributed by atoms with Crippen molar-refractivity contribution < 1.29 is 18.0 Å². The van der Waals surface area contributed by atoms with Gasteiger partial charge >= 0.3 is 6.18 Å². The number of hydrogen-bond donors (Lipinski definition) is 2. The van der Waals surface area contributed by atoms with Gasteiger partial charge in [0.05, 0.1) is 17.8 Å². The minimum atomic E-state index is -4.41. The number of amidine groups is 1. The Hall–Kier alpha value is -3.03. The lowest BCUT2D eigenvalue weighted by Crippen LogP contribution is -2.51. The number of benzene rings is 2. The van der Waals surface area contributed by atoms with Crippen LogP contribution >= 0.6 is 22.6 Å². The predicted molar refractivity (Wildman–Crippen MR) is 178 cm³/mol. The van der Waals surface area contributed by atoms with Crippen LogP contribution in [0.25, 0.3) is 0 Å². The van der Waals surface area contributed by atoms with Gasteiger partial charge in [0.15, 0.2) is 0 Å². The summed E-state index contributed by atoms with van der Waals surface area (Å²) in [6.07, 6.45) is -0.426. The number of carbonyl (C=O) groups excluding carboxylic acids is 1. The van der Waals surface area contributed by atoms with E-state index in [9.17, 15) is 18.0 Å². The number of carbonyl (C=O) groups is 1. The molecule has 234 valence electrons. The molecule has 0 radical (unpaired) electrons. The smallest absolute Gasteiger partial charge is 0.344 e. The third kappa shape index (κ3) is 8.57. The van der Waals surface area contributed by atoms with Gasteiger partial charge in [-0.1, -0.05) is 47.7 Å². The first kappa shape index (κ1) is 32.4. The molecule has 0 bridgehead atoms. The van der Waals surface area contributed by atoms with Gasteiger partial charge in [-0.3, -0.25) is 14.6 Å². The zero-order valence-corrected chi connectivity index (χ0v) is 27.2. The van der Waals surface area contributed by atoms with Crippen molar-refractivity contribution in [3.05, 3.63) is 83.0 Å². The zero-order valence-electron chi connectivity index (χ0n) is 25.0. The first-order chi connectivity index (χ1) is 21.1. The van der Waals surface area contributed by atoms with Crippen molar-refractivity contribution >= 4 is 51.5 Å². The van der Waals surface area contributed by atoms with E-state index in [-0.39, 0.29) is 11.8 Å². The van der Waals surface area contributed by atoms with Crippen molar-refractivity contribution in [1.82, 2.24) is 14.8 Å². The maximum atomic E-state index is 13.2. The van der Waals surface area contributed by atoms with Gasteiger partial charge in [0.25, 0.3) is 0 Å². The van der Waals surface area contributed by atoms with Crippen molar-refractivity contribution in [3.63, 3.8) is 0 Å². The quantitative estimate of drug-likeness (QED) is 0.198. The summed E-state index contributed by atoms with van der Waals surface area (Å²) in [5, 5.41) is 6.11. The number of fused-ring (bicyclic) bond motifs is 1. The lowest BCUT2D eigenvalue weighted by Gasteiger charge is -2.37. The van der Waals surface area contributed by atoms with E-state index in [0.717, 1.165) is 78.0 Å². The van der Waals surface area contributed by atoms with Crippen LogP contribution in [0.5, 0.6) is 0 Å². The molecule has 2 aromatic carbocycles. The average Bonchev–Trinajstić information content (AvgIpc) is 3.15. The number of amides is 1. The molecule has 3 heterocycles. The largest absolute Gasteiger partial charge is 0.416 e. The van der Waals surface area contributed by atoms with Crippen molar-refractivity contribution in [1.29, 1.82) is 0 Å². The summed E-state index contributed by atoms with van der Waals surface area (Å²) < 4.78 is 40.8. The van der Waals surface area contributed by atoms with Crippen LogP contribution < -0.4 is 10.6 Å². The molecule has 7 nitrogen and oxygen atoms in total. The highest BCUT2D eigenvalue weighted by Gasteiger charge is 2.30. The number of hydrogen-bond acceptors (Lipinski definition) is 6. The Morgan fingerprint density at radius 3 is 2.59 bits per heavy atom. The van der Waals surface area contributed by atoms with Crippen molar-refractivity contribution in [2.75, 3.05) is 47.8 Å². The molecule has 1 aromatic heterocycles. The van der Waals surface area contributed by atoms with Crippen LogP contribution in [-0.2, 0) is 23.8 Å². The van der Waals surface area contributed by atoms with Crippen molar-refractivity contribution in [2.45, 2.75) is 45.3 Å². The maximum absolute atomic E-state index is 13.2. The molecule has 1 saturated heterocycles. The monoisotopic (exact) mass is 718 g/mol. The molecule has 1 amide bonds. The Morgan fingerprint density at radius 1 is 1.07 bits per heavy atom. The summed E-state index contributed by atoms with van der Waals surface area (Å²) in [5.74, 6) is 1.16. The standard InChI is InChI=1S/C33H38F3IN6O/c1-22-6-8-26-9-7-24(17-29(26)40-32(22)39-28-5-3-4-27(19-28)33(34,35)36)16-25-10-11-38-30(18-25)41-31(44)21-42-12-14-43(15-13-42)23(2)20-37/h3-5,7,9-11,17-19,22-23H,6,8,12-16,20-21H2,1-2H3,(H,39,40)(H,38,41,44). The third-order valence-corrected chi connectivity index (χ3v) is 9.56. The number of pyridine rings is 1. The van der Waals surface area contributed by atoms with E-state index >= 15 is 0 Å². The zero-order chi connectivity index (χ0) is 31.3. The summed E-state index contributed by atoms with van der Waals surface area (Å²) in [6, 6.07) is 15.8. The molecule has 0 aliphatic carbocycles. The molecular formula is C33H38F3IN6O. The van der Waals surface area contributed by atoms with E-state index in [1.807, 2.05) is 25.1 Å². The molecular weight excluding hydrogens is 680 g/mol. The second-order valence-corrected chi connectivity index (χ2v) is 12.6. The fraction of sp³-hybridized carbons (Fsp3) is 0.424. The van der Waals surface area contributed by atoms with Crippen LogP contribution in [0.4, 0.5) is 30.4 Å². The van der Waals surface area contributed by atoms with Gasteiger partial charge in [-0.2, -0.15) is 13.2 Å². The molecule has 0 spiro atoms. The summed E-state index contributed by atoms with van der Waals surface area (Å²) in [5.41, 5.74) is 3.64. The predicted octanol–water partition coefficient (Wildman–Crippen LogP) is 6.80. The molecule has 5 rings (SSSR count). The Bertz CT molecular complexity index is 1490. The van der Waals surface area contributed by atoms with E-state index in [1.165, 1.54) is 6.07 Å². The minimum Gasteiger partial charge on any atom is -0.344 e. The van der Waals surface area contributed by atoms with E-state index in [0.29, 0.717) is 36.3 Å². The highest BCUT2D eigenvalue weighted by molar-refractivity contribution is 14.1. The molecule has 1 fully saturated rings. The molecule has 44 heavy (non-hydrogen) atoms. The second-order valence-electron chi connectivity index (χ2n) is 11.7. The van der Waals surface area contributed by atoms with Gasteiger partial charge in [-0.15, -0.1) is 0 Å². The van der Waals surface area contributed by atoms with Gasteiger partial charge in [-0.25, -0.2) is 9.98 Å². The second kappa shape index (κ2) is 14.4. The van der Waals surface area contributed by atoms with Gasteiger partial charge in [0.1, 0.15) is 11.7 Å². The van der Waals surface area contributed by atoms with Crippen LogP contribution in [0.3, 0.4) is 0 Å². The van der Waals surface area contributed by atoms with Crippen molar-refractivity contribution in [3.8, 4) is 0 Å². The van der Waals surface area contributed by atoms with Crippen LogP contribution in [-0.4, -0.2) is 69.7 Å². The number of aliphatic imine (C=N–C) groups is 1. The van der Waals surface area contributed by atoms with Crippen molar-refractivity contribution in [2.24, 2.45) is 10.9 Å². The fourth-order valence-corrected chi connectivity index (χ4v) is 6.15. The lowest BCUT2D eigenvalue weighted by atomic mass is 9.98. The molecule has 2 unspecified atom stereocenters. The number of aryl methyl sites for hydroxylation is 1. The first-order valence-electron chi connectivity index (χ1n) is 15.0. The van der Waals surface area contributed by atoms with Gasteiger partial charge in [0.2, 0.25) is 5.91 Å². The van der Waals surface area contributed by atoms with Crippen LogP contribution in [0.1, 0.15) is 42.5 Å². The first-order valence-corrected chi connectivity index (χ1v) is 16.5. The Kier molecular flexibility index (Phi) is 10.6. The number of rotatable bonds is 8. The van der Waals surface area contributed by atoms with E-state index in [1.54, 1.807) is 12.3 Å². The average molecular weight is 719 g/mol. The molecule has 2 N–H and O–H groups in total. The van der Waals surface area contributed by atoms with E-state index < -0.39 is 11.7 Å². The molecule has 2 aliphatic rings. The van der Waals surface area contributed by atoms with Crippen LogP contribution in [0, 0.1) is 5.92 Å². The van der Waals surface area contributed by atoms with Crippen LogP contribution in [0.15, 0.2) is 65.8 Å². The molecule has 11 heteroatoms. The maximum Gasteiger partial charge on any atom is 0.416 e. The highest BCUT2D eigenvalue weighted by atomic mass is 127. The van der Waals surface area contributed by atoms with Gasteiger partial charge in [0, 0.05) is 54.5 Å². The minimum absolute atomic E-state index is 0.0511. The third-order valence-electron chi connectivity index (χ3n) is 8.29. The van der Waals surface area contributed by atoms with E-state index in [2.05, 4.69) is 67.1 Å². The Labute approximate surface area is 270 Å². The summed E-state index contributed by atoms with van der Waals surface area (Å²) in [6.45, 7) is 8.31. The molecule has 2 aliphatic heterocycles. The number of nitrogens with one attached hydrogen (secondary N) is 2. The van der Waals surface area contributed by atoms with Crippen LogP contribution in [0.2, 0.25) is 0 Å². The number of alkyl halides is 4. The molecule has 3 aromatic rings. The number of nitrogens with zero attached hydrogens (tertiary/aromatic N) is 4. The fourth-order valence-electron chi connectivity index (χ4n) is 5.59. The number of aromatic nitrogens is 1. The Balaban J connectivity index is 1.23. The number of piperazine rings is 1. The number of anilines is 2. The molecule has 0 saturated carbocycles. The summed E-state index contributed by atoms with van der Waals surface area (Å²) in [7, 11) is 0. The Morgan fingerprint density at radius 2 is 1.84 bits per heavy atom.